The van der Waals surface area contributed by atoms with E-state index in [4.69, 9.17) is 0 Å². The van der Waals surface area contributed by atoms with Gasteiger partial charge in [0.2, 0.25) is 0 Å². The minimum Gasteiger partial charge on any atom is -0.507 e. The number of fused-ring (bicyclic) bond motifs is 1. The third-order valence-electron chi connectivity index (χ3n) is 6.87. The molecule has 1 aliphatic heterocycles. The van der Waals surface area contributed by atoms with E-state index in [0.717, 1.165) is 26.5 Å². The maximum Gasteiger partial charge on any atom is 0.295 e. The van der Waals surface area contributed by atoms with Gasteiger partial charge in [0.15, 0.2) is 0 Å². The molecule has 5 nitrogen and oxygen atoms in total. The number of aromatic nitrogens is 1. The second-order valence-electron chi connectivity index (χ2n) is 9.43. The number of halogens is 1. The second kappa shape index (κ2) is 9.78. The predicted molar refractivity (Wildman–Crippen MR) is 146 cm³/mol. The number of amides is 1. The Kier molecular flexibility index (Phi) is 6.54. The van der Waals surface area contributed by atoms with Gasteiger partial charge in [0, 0.05) is 33.7 Å². The molecule has 0 aliphatic carbocycles. The van der Waals surface area contributed by atoms with Crippen molar-refractivity contribution in [1.82, 2.24) is 9.88 Å². The van der Waals surface area contributed by atoms with Gasteiger partial charge in [0.05, 0.1) is 11.6 Å². The largest absolute Gasteiger partial charge is 0.507 e. The number of H-pyrrole nitrogens is 1. The number of para-hydroxylation sites is 1. The molecule has 5 rings (SSSR count). The molecule has 182 valence electrons. The first-order chi connectivity index (χ1) is 17.3. The number of aliphatic hydroxyl groups is 1. The molecule has 36 heavy (non-hydrogen) atoms. The van der Waals surface area contributed by atoms with Gasteiger partial charge in [-0.2, -0.15) is 0 Å². The smallest absolute Gasteiger partial charge is 0.295 e. The van der Waals surface area contributed by atoms with Gasteiger partial charge in [-0.1, -0.05) is 84.4 Å². The number of carbonyl (C=O) groups excluding carboxylic acids is 2. The normalized spacial score (nSPS) is 17.4. The van der Waals surface area contributed by atoms with Gasteiger partial charge in [-0.05, 0) is 47.2 Å². The minimum atomic E-state index is -0.667. The lowest BCUT2D eigenvalue weighted by Crippen LogP contribution is -2.31. The highest BCUT2D eigenvalue weighted by molar-refractivity contribution is 9.10. The zero-order valence-corrected chi connectivity index (χ0v) is 21.7. The maximum absolute atomic E-state index is 13.3. The summed E-state index contributed by atoms with van der Waals surface area (Å²) in [5, 5.41) is 12.3. The molecule has 1 aliphatic rings. The molecular formula is C30H27BrN2O3. The quantitative estimate of drug-likeness (QED) is 0.161. The van der Waals surface area contributed by atoms with Crippen LogP contribution >= 0.6 is 15.9 Å². The topological polar surface area (TPSA) is 73.4 Å². The van der Waals surface area contributed by atoms with Crippen LogP contribution in [-0.2, 0) is 16.0 Å². The Morgan fingerprint density at radius 3 is 2.39 bits per heavy atom. The van der Waals surface area contributed by atoms with E-state index in [1.165, 1.54) is 5.56 Å². The molecule has 0 spiro atoms. The third kappa shape index (κ3) is 4.37. The van der Waals surface area contributed by atoms with Crippen molar-refractivity contribution in [2.45, 2.75) is 32.2 Å². The van der Waals surface area contributed by atoms with E-state index in [1.54, 1.807) is 29.2 Å². The lowest BCUT2D eigenvalue weighted by atomic mass is 9.93. The van der Waals surface area contributed by atoms with E-state index >= 15 is 0 Å². The van der Waals surface area contributed by atoms with E-state index in [2.05, 4.69) is 34.8 Å². The number of benzene rings is 3. The number of ketones is 1. The summed E-state index contributed by atoms with van der Waals surface area (Å²) < 4.78 is 0.860. The Bertz CT molecular complexity index is 1470. The van der Waals surface area contributed by atoms with Crippen molar-refractivity contribution in [3.8, 4) is 0 Å². The van der Waals surface area contributed by atoms with Gasteiger partial charge in [0.25, 0.3) is 11.7 Å². The molecule has 0 radical (unpaired) electrons. The predicted octanol–water partition coefficient (Wildman–Crippen LogP) is 6.72. The van der Waals surface area contributed by atoms with Crippen LogP contribution < -0.4 is 0 Å². The molecule has 0 bridgehead atoms. The van der Waals surface area contributed by atoms with E-state index < -0.39 is 17.7 Å². The number of rotatable bonds is 6. The summed E-state index contributed by atoms with van der Waals surface area (Å²) in [4.78, 5) is 31.5. The van der Waals surface area contributed by atoms with Gasteiger partial charge in [-0.25, -0.2) is 0 Å². The molecule has 6 heteroatoms. The molecule has 1 fully saturated rings. The highest BCUT2D eigenvalue weighted by Crippen LogP contribution is 2.40. The third-order valence-corrected chi connectivity index (χ3v) is 7.40. The summed E-state index contributed by atoms with van der Waals surface area (Å²) >= 11 is 3.40. The van der Waals surface area contributed by atoms with E-state index in [1.807, 2.05) is 54.7 Å². The molecule has 1 amide bonds. The summed E-state index contributed by atoms with van der Waals surface area (Å²) in [6.45, 7) is 4.59. The summed E-state index contributed by atoms with van der Waals surface area (Å²) in [7, 11) is 0. The van der Waals surface area contributed by atoms with Gasteiger partial charge in [0.1, 0.15) is 5.76 Å². The van der Waals surface area contributed by atoms with Gasteiger partial charge >= 0.3 is 0 Å². The van der Waals surface area contributed by atoms with Crippen molar-refractivity contribution in [2.75, 3.05) is 6.54 Å². The van der Waals surface area contributed by atoms with Crippen molar-refractivity contribution in [3.63, 3.8) is 0 Å². The molecule has 1 aromatic heterocycles. The van der Waals surface area contributed by atoms with Gasteiger partial charge in [-0.15, -0.1) is 0 Å². The highest BCUT2D eigenvalue weighted by atomic mass is 79.9. The maximum atomic E-state index is 13.3. The molecule has 1 saturated heterocycles. The number of aromatic amines is 1. The van der Waals surface area contributed by atoms with Gasteiger partial charge in [-0.3, -0.25) is 9.59 Å². The monoisotopic (exact) mass is 542 g/mol. The second-order valence-corrected chi connectivity index (χ2v) is 10.3. The van der Waals surface area contributed by atoms with Crippen molar-refractivity contribution < 1.29 is 14.7 Å². The summed E-state index contributed by atoms with van der Waals surface area (Å²) in [6.07, 6.45) is 2.53. The first-order valence-corrected chi connectivity index (χ1v) is 12.8. The zero-order valence-electron chi connectivity index (χ0n) is 20.2. The standard InChI is InChI=1S/C30H27BrN2O3/c1-18(2)19-7-9-20(10-8-19)27-26(28(34)21-11-13-23(31)14-12-21)29(35)30(36)33(27)16-15-22-17-32-25-6-4-3-5-24(22)25/h3-14,17-18,27,32,34H,15-16H2,1-2H3. The van der Waals surface area contributed by atoms with Crippen molar-refractivity contribution in [2.24, 2.45) is 0 Å². The minimum absolute atomic E-state index is 0.124. The van der Waals surface area contributed by atoms with Crippen LogP contribution in [0.4, 0.5) is 0 Å². The van der Waals surface area contributed by atoms with E-state index in [-0.39, 0.29) is 11.3 Å². The van der Waals surface area contributed by atoms with Crippen LogP contribution in [0.3, 0.4) is 0 Å². The molecule has 3 aromatic carbocycles. The van der Waals surface area contributed by atoms with Crippen LogP contribution in [0.1, 0.15) is 48.1 Å². The van der Waals surface area contributed by atoms with Crippen molar-refractivity contribution in [1.29, 1.82) is 0 Å². The van der Waals surface area contributed by atoms with Crippen LogP contribution in [0.25, 0.3) is 16.7 Å². The van der Waals surface area contributed by atoms with Crippen LogP contribution in [0.15, 0.2) is 89.0 Å². The van der Waals surface area contributed by atoms with Crippen LogP contribution in [0, 0.1) is 0 Å². The number of aliphatic hydroxyl groups excluding tert-OH is 1. The lowest BCUT2D eigenvalue weighted by molar-refractivity contribution is -0.139. The molecular weight excluding hydrogens is 516 g/mol. The van der Waals surface area contributed by atoms with Crippen molar-refractivity contribution >= 4 is 44.3 Å². The fraction of sp³-hybridized carbons (Fsp3) is 0.200. The number of carbonyl (C=O) groups is 2. The number of likely N-dealkylation sites (tertiary alicyclic amines) is 1. The van der Waals surface area contributed by atoms with Crippen LogP contribution in [-0.4, -0.2) is 33.2 Å². The number of Topliss-reactive ketones (excluding diaryl/α,β-unsaturated/α-hetero) is 1. The highest BCUT2D eigenvalue weighted by Gasteiger charge is 2.45. The average molecular weight is 543 g/mol. The molecule has 4 aromatic rings. The van der Waals surface area contributed by atoms with E-state index in [0.29, 0.717) is 24.4 Å². The molecule has 1 unspecified atom stereocenters. The number of hydrogen-bond donors (Lipinski definition) is 2. The zero-order chi connectivity index (χ0) is 25.4. The summed E-state index contributed by atoms with van der Waals surface area (Å²) in [5.41, 5.74) is 4.70. The average Bonchev–Trinajstić information content (AvgIpc) is 3.41. The Balaban J connectivity index is 1.56. The number of hydrogen-bond acceptors (Lipinski definition) is 3. The fourth-order valence-corrected chi connectivity index (χ4v) is 5.13. The van der Waals surface area contributed by atoms with Gasteiger partial charge < -0.3 is 15.0 Å². The molecule has 2 N–H and O–H groups in total. The van der Waals surface area contributed by atoms with Crippen molar-refractivity contribution in [3.05, 3.63) is 111 Å². The van der Waals surface area contributed by atoms with E-state index in [9.17, 15) is 14.7 Å². The molecule has 0 saturated carbocycles. The van der Waals surface area contributed by atoms with Crippen LogP contribution in [0.5, 0.6) is 0 Å². The Morgan fingerprint density at radius 1 is 1.00 bits per heavy atom. The summed E-state index contributed by atoms with van der Waals surface area (Å²) in [5.74, 6) is -1.05. The Labute approximate surface area is 218 Å². The lowest BCUT2D eigenvalue weighted by Gasteiger charge is -2.25. The number of nitrogens with zero attached hydrogens (tertiary/aromatic N) is 1. The Morgan fingerprint density at radius 2 is 1.69 bits per heavy atom. The molecule has 1 atom stereocenters. The fourth-order valence-electron chi connectivity index (χ4n) is 4.86. The van der Waals surface area contributed by atoms with Crippen LogP contribution in [0.2, 0.25) is 0 Å². The number of nitrogens with one attached hydrogen (secondary N) is 1. The summed E-state index contributed by atoms with van der Waals surface area (Å²) in [6, 6.07) is 22.4. The first kappa shape index (κ1) is 24.1. The first-order valence-electron chi connectivity index (χ1n) is 12.0. The Hall–Kier alpha value is -3.64. The molecule has 2 heterocycles. The SMILES string of the molecule is CC(C)c1ccc(C2C(=C(O)c3ccc(Br)cc3)C(=O)C(=O)N2CCc2c[nH]c3ccccc23)cc1.